The fraction of sp³-hybridized carbons (Fsp3) is 0.628. The fourth-order valence-electron chi connectivity index (χ4n) is 4.82. The van der Waals surface area contributed by atoms with Gasteiger partial charge >= 0.3 is 19.8 Å². The van der Waals surface area contributed by atoms with Crippen LogP contribution in [0.15, 0.2) is 85.1 Å². The van der Waals surface area contributed by atoms with Crippen molar-refractivity contribution < 1.29 is 37.6 Å². The number of esters is 2. The Kier molecular flexibility index (Phi) is 36.8. The Morgan fingerprint density at radius 1 is 0.585 bits per heavy atom. The lowest BCUT2D eigenvalue weighted by molar-refractivity contribution is -0.161. The first-order chi connectivity index (χ1) is 25.8. The maximum Gasteiger partial charge on any atom is 0.472 e. The Balaban J connectivity index is 4.35. The van der Waals surface area contributed by atoms with E-state index in [1.807, 2.05) is 6.08 Å². The van der Waals surface area contributed by atoms with Crippen molar-refractivity contribution >= 4 is 19.8 Å². The van der Waals surface area contributed by atoms with Crippen molar-refractivity contribution in [2.45, 2.75) is 148 Å². The van der Waals surface area contributed by atoms with E-state index in [4.69, 9.17) is 24.3 Å². The molecule has 0 amide bonds. The molecule has 0 aliphatic carbocycles. The Hall–Kier alpha value is -2.81. The van der Waals surface area contributed by atoms with E-state index in [1.165, 1.54) is 25.7 Å². The molecule has 302 valence electrons. The minimum absolute atomic E-state index is 0.0376. The van der Waals surface area contributed by atoms with Crippen LogP contribution in [0.5, 0.6) is 0 Å². The summed E-state index contributed by atoms with van der Waals surface area (Å²) in [7, 11) is -4.40. The van der Waals surface area contributed by atoms with Gasteiger partial charge < -0.3 is 20.1 Å². The molecule has 3 N–H and O–H groups in total. The van der Waals surface area contributed by atoms with E-state index in [0.29, 0.717) is 19.3 Å². The third-order valence-electron chi connectivity index (χ3n) is 7.77. The molecule has 0 radical (unpaired) electrons. The van der Waals surface area contributed by atoms with E-state index in [1.54, 1.807) is 0 Å². The van der Waals surface area contributed by atoms with E-state index in [9.17, 15) is 19.0 Å². The second-order valence-corrected chi connectivity index (χ2v) is 14.2. The van der Waals surface area contributed by atoms with Gasteiger partial charge in [-0.1, -0.05) is 131 Å². The number of phosphoric ester groups is 1. The first-order valence-electron chi connectivity index (χ1n) is 20.1. The van der Waals surface area contributed by atoms with Crippen LogP contribution in [0.1, 0.15) is 142 Å². The Morgan fingerprint density at radius 3 is 1.60 bits per heavy atom. The van der Waals surface area contributed by atoms with E-state index < -0.39 is 32.5 Å². The summed E-state index contributed by atoms with van der Waals surface area (Å²) >= 11 is 0. The van der Waals surface area contributed by atoms with Gasteiger partial charge in [0.15, 0.2) is 6.10 Å². The topological polar surface area (TPSA) is 134 Å². The number of allylic oxidation sites excluding steroid dienone is 14. The number of ether oxygens (including phenoxy) is 2. The summed E-state index contributed by atoms with van der Waals surface area (Å²) in [6.07, 6.45) is 47.6. The van der Waals surface area contributed by atoms with Crippen molar-refractivity contribution in [3.63, 3.8) is 0 Å². The smallest absolute Gasteiger partial charge is 0.462 e. The van der Waals surface area contributed by atoms with Crippen molar-refractivity contribution in [2.75, 3.05) is 26.4 Å². The second kappa shape index (κ2) is 38.9. The van der Waals surface area contributed by atoms with Gasteiger partial charge in [-0.15, -0.1) is 0 Å². The van der Waals surface area contributed by atoms with Gasteiger partial charge in [0.05, 0.1) is 13.2 Å². The van der Waals surface area contributed by atoms with Crippen molar-refractivity contribution in [1.29, 1.82) is 0 Å². The predicted molar refractivity (Wildman–Crippen MR) is 219 cm³/mol. The molecule has 0 heterocycles. The van der Waals surface area contributed by atoms with Crippen LogP contribution in [0.4, 0.5) is 0 Å². The van der Waals surface area contributed by atoms with Crippen LogP contribution in [0.3, 0.4) is 0 Å². The van der Waals surface area contributed by atoms with Crippen molar-refractivity contribution in [2.24, 2.45) is 5.73 Å². The van der Waals surface area contributed by atoms with Crippen LogP contribution in [0.25, 0.3) is 0 Å². The molecule has 10 heteroatoms. The zero-order chi connectivity index (χ0) is 38.9. The summed E-state index contributed by atoms with van der Waals surface area (Å²) in [5, 5.41) is 0. The van der Waals surface area contributed by atoms with E-state index in [2.05, 4.69) is 92.8 Å². The number of carbonyl (C=O) groups excluding carboxylic acids is 2. The number of carbonyl (C=O) groups is 2. The van der Waals surface area contributed by atoms with Crippen LogP contribution in [-0.2, 0) is 32.7 Å². The molecule has 9 nitrogen and oxygen atoms in total. The average molecular weight is 762 g/mol. The van der Waals surface area contributed by atoms with Crippen LogP contribution in [-0.4, -0.2) is 49.3 Å². The Labute approximate surface area is 322 Å². The highest BCUT2D eigenvalue weighted by molar-refractivity contribution is 7.47. The van der Waals surface area contributed by atoms with E-state index >= 15 is 0 Å². The highest BCUT2D eigenvalue weighted by atomic mass is 31.2. The van der Waals surface area contributed by atoms with E-state index in [-0.39, 0.29) is 32.6 Å². The summed E-state index contributed by atoms with van der Waals surface area (Å²) < 4.78 is 32.6. The molecular formula is C43H72NO8P. The molecule has 2 atom stereocenters. The van der Waals surface area contributed by atoms with Gasteiger partial charge in [-0.2, -0.15) is 0 Å². The molecule has 0 aromatic carbocycles. The lowest BCUT2D eigenvalue weighted by Gasteiger charge is -2.19. The molecule has 1 unspecified atom stereocenters. The van der Waals surface area contributed by atoms with Crippen molar-refractivity contribution in [1.82, 2.24) is 0 Å². The van der Waals surface area contributed by atoms with Gasteiger partial charge in [-0.05, 0) is 83.5 Å². The van der Waals surface area contributed by atoms with Gasteiger partial charge in [0.2, 0.25) is 0 Å². The quantitative estimate of drug-likeness (QED) is 0.0277. The lowest BCUT2D eigenvalue weighted by Crippen LogP contribution is -2.29. The summed E-state index contributed by atoms with van der Waals surface area (Å²) in [6.45, 7) is 3.48. The number of nitrogens with two attached hydrogens (primary N) is 1. The van der Waals surface area contributed by atoms with Crippen molar-refractivity contribution in [3.05, 3.63) is 85.1 Å². The van der Waals surface area contributed by atoms with Crippen LogP contribution >= 0.6 is 7.82 Å². The van der Waals surface area contributed by atoms with Gasteiger partial charge in [-0.3, -0.25) is 18.6 Å². The number of hydrogen-bond donors (Lipinski definition) is 2. The largest absolute Gasteiger partial charge is 0.472 e. The third-order valence-corrected chi connectivity index (χ3v) is 8.75. The molecule has 53 heavy (non-hydrogen) atoms. The summed E-state index contributed by atoms with van der Waals surface area (Å²) in [6, 6.07) is 0. The summed E-state index contributed by atoms with van der Waals surface area (Å²) in [5.74, 6) is -0.924. The monoisotopic (exact) mass is 761 g/mol. The Morgan fingerprint density at radius 2 is 1.06 bits per heavy atom. The first-order valence-corrected chi connectivity index (χ1v) is 21.6. The number of unbranched alkanes of at least 4 members (excludes halogenated alkanes) is 9. The van der Waals surface area contributed by atoms with Crippen LogP contribution < -0.4 is 5.73 Å². The maximum absolute atomic E-state index is 12.5. The second-order valence-electron chi connectivity index (χ2n) is 12.8. The molecule has 0 fully saturated rings. The fourth-order valence-corrected chi connectivity index (χ4v) is 5.58. The SMILES string of the molecule is CC/C=C/C/C=C/C/C=C/CCCCCCCC(=O)OC[C@H](COP(=O)(O)OCCN)OC(=O)CCC/C=C/C/C=C/C/C=C/C/C=C/CCCCC. The van der Waals surface area contributed by atoms with Gasteiger partial charge in [0, 0.05) is 19.4 Å². The van der Waals surface area contributed by atoms with Crippen LogP contribution in [0, 0.1) is 0 Å². The van der Waals surface area contributed by atoms with Gasteiger partial charge in [-0.25, -0.2) is 4.57 Å². The average Bonchev–Trinajstić information content (AvgIpc) is 3.14. The number of phosphoric acid groups is 1. The highest BCUT2D eigenvalue weighted by Crippen LogP contribution is 2.43. The third kappa shape index (κ3) is 38.7. The maximum atomic E-state index is 12.5. The molecule has 0 aliphatic rings. The molecule has 0 aromatic rings. The molecule has 0 saturated heterocycles. The predicted octanol–water partition coefficient (Wildman–Crippen LogP) is 11.3. The van der Waals surface area contributed by atoms with E-state index in [0.717, 1.165) is 70.6 Å². The van der Waals surface area contributed by atoms with Gasteiger partial charge in [0.25, 0.3) is 0 Å². The molecule has 0 rings (SSSR count). The minimum atomic E-state index is -4.40. The van der Waals surface area contributed by atoms with Crippen molar-refractivity contribution in [3.8, 4) is 0 Å². The Bertz CT molecular complexity index is 1140. The standard InChI is InChI=1S/C43H72NO8P/c1-3-5-7-9-11-13-15-17-19-20-22-24-26-28-30-32-34-36-43(46)52-41(40-51-53(47,48)50-38-37-44)39-49-42(45)35-33-31-29-27-25-23-21-18-16-14-12-10-8-6-4-2/h6,8,11-14,17-19,21-22,24,28,30,41H,3-5,7,9-10,15-16,20,23,25-27,29,31-40,44H2,1-2H3,(H,47,48)/b8-6+,13-11+,14-12+,19-17+,21-18+,24-22+,30-28+/t41-/m1/s1. The zero-order valence-corrected chi connectivity index (χ0v) is 33.9. The first kappa shape index (κ1) is 50.2. The molecule has 0 aromatic heterocycles. The van der Waals surface area contributed by atoms with Gasteiger partial charge in [0.1, 0.15) is 6.61 Å². The number of hydrogen-bond acceptors (Lipinski definition) is 8. The normalized spacial score (nSPS) is 14.3. The summed E-state index contributed by atoms with van der Waals surface area (Å²) in [4.78, 5) is 34.8. The molecule has 0 saturated carbocycles. The molecule has 0 aliphatic heterocycles. The number of rotatable bonds is 36. The minimum Gasteiger partial charge on any atom is -0.462 e. The van der Waals surface area contributed by atoms with Crippen LogP contribution in [0.2, 0.25) is 0 Å². The molecule has 0 bridgehead atoms. The lowest BCUT2D eigenvalue weighted by atomic mass is 10.1. The molecular weight excluding hydrogens is 689 g/mol. The highest BCUT2D eigenvalue weighted by Gasteiger charge is 2.25. The molecule has 0 spiro atoms. The zero-order valence-electron chi connectivity index (χ0n) is 33.0. The summed E-state index contributed by atoms with van der Waals surface area (Å²) in [5.41, 5.74) is 5.33.